The second kappa shape index (κ2) is 15.0. The van der Waals surface area contributed by atoms with E-state index in [0.29, 0.717) is 51.3 Å². The first-order valence-electron chi connectivity index (χ1n) is 10.6. The van der Waals surface area contributed by atoms with Gasteiger partial charge in [-0.25, -0.2) is 8.42 Å². The summed E-state index contributed by atoms with van der Waals surface area (Å²) in [6.07, 6.45) is 0.891. The number of hydrogen-bond acceptors (Lipinski definition) is 5. The third kappa shape index (κ3) is 10.5. The lowest BCUT2D eigenvalue weighted by Gasteiger charge is -2.26. The van der Waals surface area contributed by atoms with Crippen LogP contribution >= 0.6 is 24.0 Å². The molecule has 0 bridgehead atoms. The quantitative estimate of drug-likeness (QED) is 0.184. The van der Waals surface area contributed by atoms with Crippen molar-refractivity contribution in [1.82, 2.24) is 14.9 Å². The molecule has 1 aliphatic heterocycles. The molecule has 1 aromatic carbocycles. The van der Waals surface area contributed by atoms with E-state index in [9.17, 15) is 8.42 Å². The Balaban J connectivity index is 0.00000480. The van der Waals surface area contributed by atoms with Crippen LogP contribution in [0.4, 0.5) is 0 Å². The molecule has 1 saturated heterocycles. The Kier molecular flexibility index (Phi) is 13.6. The largest absolute Gasteiger partial charge is 0.381 e. The van der Waals surface area contributed by atoms with Crippen LogP contribution < -0.4 is 10.6 Å². The number of hydrogen-bond donors (Lipinski definition) is 2. The maximum Gasteiger partial charge on any atom is 0.218 e. The normalized spacial score (nSPS) is 15.5. The molecule has 1 aliphatic rings. The molecule has 2 N–H and O–H groups in total. The van der Waals surface area contributed by atoms with Gasteiger partial charge in [0.2, 0.25) is 10.0 Å². The Morgan fingerprint density at radius 3 is 2.52 bits per heavy atom. The highest BCUT2D eigenvalue weighted by Crippen LogP contribution is 2.16. The van der Waals surface area contributed by atoms with Gasteiger partial charge in [-0.05, 0) is 23.5 Å². The monoisotopic (exact) mass is 568 g/mol. The van der Waals surface area contributed by atoms with Gasteiger partial charge in [0.05, 0.1) is 19.0 Å². The zero-order valence-electron chi connectivity index (χ0n) is 18.8. The molecule has 2 rings (SSSR count). The lowest BCUT2D eigenvalue weighted by molar-refractivity contribution is 0.0729. The fourth-order valence-electron chi connectivity index (χ4n) is 3.08. The summed E-state index contributed by atoms with van der Waals surface area (Å²) in [5.41, 5.74) is 1.74. The predicted molar refractivity (Wildman–Crippen MR) is 135 cm³/mol. The number of nitrogens with one attached hydrogen (secondary N) is 2. The molecule has 31 heavy (non-hydrogen) atoms. The molecule has 178 valence electrons. The number of halogens is 1. The number of benzene rings is 1. The number of nitrogens with zero attached hydrogens (tertiary/aromatic N) is 2. The Morgan fingerprint density at radius 2 is 1.87 bits per heavy atom. The molecule has 1 fully saturated rings. The lowest BCUT2D eigenvalue weighted by atomic mass is 10.1. The summed E-state index contributed by atoms with van der Waals surface area (Å²) in [5.74, 6) is 1.22. The third-order valence-electron chi connectivity index (χ3n) is 4.70. The summed E-state index contributed by atoms with van der Waals surface area (Å²) < 4.78 is 37.9. The minimum Gasteiger partial charge on any atom is -0.381 e. The second-order valence-electron chi connectivity index (χ2n) is 7.71. The van der Waals surface area contributed by atoms with Gasteiger partial charge in [-0.1, -0.05) is 38.1 Å². The zero-order chi connectivity index (χ0) is 21.8. The highest BCUT2D eigenvalue weighted by Gasteiger charge is 2.25. The van der Waals surface area contributed by atoms with E-state index in [1.807, 2.05) is 24.3 Å². The molecule has 0 aromatic heterocycles. The van der Waals surface area contributed by atoms with Crippen molar-refractivity contribution in [2.24, 2.45) is 10.9 Å². The highest BCUT2D eigenvalue weighted by molar-refractivity contribution is 14.0. The fourth-order valence-corrected chi connectivity index (χ4v) is 4.65. The van der Waals surface area contributed by atoms with Crippen molar-refractivity contribution in [3.8, 4) is 0 Å². The Labute approximate surface area is 204 Å². The lowest BCUT2D eigenvalue weighted by Crippen LogP contribution is -2.41. The average molecular weight is 569 g/mol. The summed E-state index contributed by atoms with van der Waals surface area (Å²) >= 11 is 0. The van der Waals surface area contributed by atoms with Crippen molar-refractivity contribution >= 4 is 40.0 Å². The molecular formula is C21H37IN4O4S. The highest BCUT2D eigenvalue weighted by atomic mass is 127. The van der Waals surface area contributed by atoms with Gasteiger partial charge in [0.1, 0.15) is 0 Å². The van der Waals surface area contributed by atoms with Crippen molar-refractivity contribution in [1.29, 1.82) is 0 Å². The van der Waals surface area contributed by atoms with Gasteiger partial charge in [0.15, 0.2) is 5.96 Å². The molecule has 0 atom stereocenters. The number of guanidine groups is 1. The molecule has 0 spiro atoms. The SMILES string of the molecule is CN=C(NCCCOCC(C)C)NCc1ccccc1CS(=O)(=O)N1CCOCC1.I. The van der Waals surface area contributed by atoms with Crippen LogP contribution in [0.15, 0.2) is 29.3 Å². The number of ether oxygens (including phenoxy) is 2. The summed E-state index contributed by atoms with van der Waals surface area (Å²) in [6, 6.07) is 7.61. The van der Waals surface area contributed by atoms with Crippen LogP contribution in [0, 0.1) is 5.92 Å². The van der Waals surface area contributed by atoms with Crippen LogP contribution in [0.1, 0.15) is 31.4 Å². The molecular weight excluding hydrogens is 531 g/mol. The molecule has 8 nitrogen and oxygen atoms in total. The Hall–Kier alpha value is -0.950. The minimum atomic E-state index is -3.37. The molecule has 0 saturated carbocycles. The summed E-state index contributed by atoms with van der Waals surface area (Å²) in [4.78, 5) is 4.24. The predicted octanol–water partition coefficient (Wildman–Crippen LogP) is 2.19. The maximum atomic E-state index is 12.8. The topological polar surface area (TPSA) is 92.3 Å². The first-order chi connectivity index (χ1) is 14.4. The van der Waals surface area contributed by atoms with E-state index in [2.05, 4.69) is 29.5 Å². The van der Waals surface area contributed by atoms with E-state index in [1.165, 1.54) is 4.31 Å². The fraction of sp³-hybridized carbons (Fsp3) is 0.667. The Bertz CT molecular complexity index is 768. The molecule has 1 heterocycles. The summed E-state index contributed by atoms with van der Waals surface area (Å²) in [7, 11) is -1.64. The zero-order valence-corrected chi connectivity index (χ0v) is 21.9. The third-order valence-corrected chi connectivity index (χ3v) is 6.53. The number of rotatable bonds is 11. The standard InChI is InChI=1S/C21H36N4O4S.HI/c1-18(2)16-29-12-6-9-23-21(22-3)24-15-19-7-4-5-8-20(19)17-30(26,27)25-10-13-28-14-11-25;/h4-5,7-8,18H,6,9-17H2,1-3H3,(H2,22,23,24);1H. The van der Waals surface area contributed by atoms with Gasteiger partial charge >= 0.3 is 0 Å². The van der Waals surface area contributed by atoms with E-state index < -0.39 is 10.0 Å². The maximum absolute atomic E-state index is 12.8. The molecule has 0 aliphatic carbocycles. The summed E-state index contributed by atoms with van der Waals surface area (Å²) in [6.45, 7) is 8.74. The van der Waals surface area contributed by atoms with E-state index >= 15 is 0 Å². The van der Waals surface area contributed by atoms with Gasteiger partial charge in [0.25, 0.3) is 0 Å². The van der Waals surface area contributed by atoms with Crippen LogP contribution in [-0.4, -0.2) is 71.8 Å². The van der Waals surface area contributed by atoms with Crippen LogP contribution in [-0.2, 0) is 31.8 Å². The van der Waals surface area contributed by atoms with Gasteiger partial charge in [0, 0.05) is 46.4 Å². The van der Waals surface area contributed by atoms with E-state index in [4.69, 9.17) is 9.47 Å². The molecule has 0 unspecified atom stereocenters. The van der Waals surface area contributed by atoms with Crippen molar-refractivity contribution in [3.05, 3.63) is 35.4 Å². The molecule has 0 amide bonds. The van der Waals surface area contributed by atoms with Crippen molar-refractivity contribution in [2.75, 3.05) is 53.1 Å². The Morgan fingerprint density at radius 1 is 1.19 bits per heavy atom. The first kappa shape index (κ1) is 28.1. The molecule has 1 aromatic rings. The second-order valence-corrected chi connectivity index (χ2v) is 9.68. The number of sulfonamides is 1. The van der Waals surface area contributed by atoms with Gasteiger partial charge < -0.3 is 20.1 Å². The van der Waals surface area contributed by atoms with Crippen molar-refractivity contribution in [2.45, 2.75) is 32.6 Å². The molecule has 0 radical (unpaired) electrons. The number of aliphatic imine (C=N–C) groups is 1. The van der Waals surface area contributed by atoms with Crippen LogP contribution in [0.25, 0.3) is 0 Å². The van der Waals surface area contributed by atoms with Crippen LogP contribution in [0.5, 0.6) is 0 Å². The van der Waals surface area contributed by atoms with Crippen molar-refractivity contribution in [3.63, 3.8) is 0 Å². The van der Waals surface area contributed by atoms with Crippen molar-refractivity contribution < 1.29 is 17.9 Å². The van der Waals surface area contributed by atoms with E-state index in [1.54, 1.807) is 7.05 Å². The van der Waals surface area contributed by atoms with E-state index in [0.717, 1.165) is 30.7 Å². The van der Waals surface area contributed by atoms with Gasteiger partial charge in [-0.15, -0.1) is 24.0 Å². The summed E-state index contributed by atoms with van der Waals surface area (Å²) in [5, 5.41) is 6.54. The number of morpholine rings is 1. The average Bonchev–Trinajstić information content (AvgIpc) is 2.74. The minimum absolute atomic E-state index is 0. The van der Waals surface area contributed by atoms with Crippen LogP contribution in [0.3, 0.4) is 0 Å². The molecule has 10 heteroatoms. The first-order valence-corrected chi connectivity index (χ1v) is 12.2. The van der Waals surface area contributed by atoms with Gasteiger partial charge in [-0.3, -0.25) is 4.99 Å². The smallest absolute Gasteiger partial charge is 0.218 e. The van der Waals surface area contributed by atoms with E-state index in [-0.39, 0.29) is 29.7 Å². The van der Waals surface area contributed by atoms with Gasteiger partial charge in [-0.2, -0.15) is 4.31 Å². The van der Waals surface area contributed by atoms with Crippen LogP contribution in [0.2, 0.25) is 0 Å².